The van der Waals surface area contributed by atoms with E-state index in [0.29, 0.717) is 38.5 Å². The van der Waals surface area contributed by atoms with E-state index in [0.717, 1.165) is 18.8 Å². The van der Waals surface area contributed by atoms with Gasteiger partial charge in [-0.05, 0) is 19.9 Å². The number of amides is 1. The number of aromatic amines is 1. The summed E-state index contributed by atoms with van der Waals surface area (Å²) in [6, 6.07) is 1.76. The molecule has 0 bridgehead atoms. The van der Waals surface area contributed by atoms with Gasteiger partial charge in [0.05, 0.1) is 12.7 Å². The highest BCUT2D eigenvalue weighted by Gasteiger charge is 2.24. The van der Waals surface area contributed by atoms with Crippen LogP contribution >= 0.6 is 0 Å². The average molecular weight is 296 g/mol. The second kappa shape index (κ2) is 7.53. The number of nitrogens with one attached hydrogen (secondary N) is 1. The molecule has 0 aliphatic carbocycles. The number of aromatic nitrogens is 2. The van der Waals surface area contributed by atoms with Crippen LogP contribution in [-0.4, -0.2) is 83.1 Å². The number of ether oxygens (including phenoxy) is 1. The first-order valence-corrected chi connectivity index (χ1v) is 7.39. The third-order valence-electron chi connectivity index (χ3n) is 3.57. The van der Waals surface area contributed by atoms with Crippen molar-refractivity contribution in [1.29, 1.82) is 0 Å². The normalized spacial score (nSPS) is 18.0. The Hall–Kier alpha value is -1.44. The van der Waals surface area contributed by atoms with Crippen molar-refractivity contribution in [2.24, 2.45) is 0 Å². The summed E-state index contributed by atoms with van der Waals surface area (Å²) in [5.74, 6) is -0.0335. The Morgan fingerprint density at radius 2 is 2.19 bits per heavy atom. The fourth-order valence-corrected chi connectivity index (χ4v) is 2.43. The summed E-state index contributed by atoms with van der Waals surface area (Å²) in [5.41, 5.74) is 1.35. The minimum absolute atomic E-state index is 0.0335. The third kappa shape index (κ3) is 4.52. The van der Waals surface area contributed by atoms with Gasteiger partial charge in [-0.2, -0.15) is 5.10 Å². The number of aryl methyl sites for hydroxylation is 1. The van der Waals surface area contributed by atoms with Crippen LogP contribution in [0.1, 0.15) is 23.1 Å². The minimum atomic E-state index is -0.471. The van der Waals surface area contributed by atoms with Gasteiger partial charge in [-0.15, -0.1) is 0 Å². The number of β-amino-alcohol motifs (C(OH)–C–C–N with tert-alkyl or cyclic N) is 1. The van der Waals surface area contributed by atoms with Gasteiger partial charge in [-0.1, -0.05) is 0 Å². The molecule has 0 spiro atoms. The van der Waals surface area contributed by atoms with Crippen LogP contribution in [0.3, 0.4) is 0 Å². The van der Waals surface area contributed by atoms with Gasteiger partial charge < -0.3 is 14.7 Å². The molecular weight excluding hydrogens is 272 g/mol. The zero-order chi connectivity index (χ0) is 15.2. The Bertz CT molecular complexity index is 455. The molecule has 2 heterocycles. The predicted octanol–water partition coefficient (Wildman–Crippen LogP) is -0.127. The summed E-state index contributed by atoms with van der Waals surface area (Å²) in [4.78, 5) is 16.2. The van der Waals surface area contributed by atoms with Crippen LogP contribution in [-0.2, 0) is 4.74 Å². The number of carbonyl (C=O) groups excluding carboxylic acids is 1. The van der Waals surface area contributed by atoms with Crippen LogP contribution in [0.15, 0.2) is 6.07 Å². The lowest BCUT2D eigenvalue weighted by atomic mass is 10.2. The van der Waals surface area contributed by atoms with E-state index in [2.05, 4.69) is 15.1 Å². The Morgan fingerprint density at radius 1 is 1.48 bits per heavy atom. The Morgan fingerprint density at radius 3 is 2.76 bits per heavy atom. The van der Waals surface area contributed by atoms with Crippen LogP contribution in [0, 0.1) is 6.92 Å². The monoisotopic (exact) mass is 296 g/mol. The van der Waals surface area contributed by atoms with Gasteiger partial charge in [0.2, 0.25) is 0 Å². The van der Waals surface area contributed by atoms with Crippen LogP contribution in [0.25, 0.3) is 0 Å². The van der Waals surface area contributed by atoms with E-state index in [4.69, 9.17) is 4.74 Å². The molecule has 2 rings (SSSR count). The molecule has 21 heavy (non-hydrogen) atoms. The molecule has 1 aliphatic heterocycles. The number of rotatable bonds is 6. The summed E-state index contributed by atoms with van der Waals surface area (Å²) in [6.45, 7) is 8.19. The highest BCUT2D eigenvalue weighted by molar-refractivity contribution is 5.92. The van der Waals surface area contributed by atoms with E-state index in [9.17, 15) is 9.90 Å². The molecule has 0 unspecified atom stereocenters. The number of piperazine rings is 1. The molecule has 1 atom stereocenters. The van der Waals surface area contributed by atoms with Crippen molar-refractivity contribution in [1.82, 2.24) is 20.0 Å². The summed E-state index contributed by atoms with van der Waals surface area (Å²) in [6.07, 6.45) is -0.471. The van der Waals surface area contributed by atoms with E-state index < -0.39 is 6.10 Å². The topological polar surface area (TPSA) is 81.7 Å². The number of hydrogen-bond donors (Lipinski definition) is 2. The summed E-state index contributed by atoms with van der Waals surface area (Å²) in [7, 11) is 0. The van der Waals surface area contributed by atoms with Crippen molar-refractivity contribution in [3.8, 4) is 0 Å². The van der Waals surface area contributed by atoms with Crippen LogP contribution < -0.4 is 0 Å². The van der Waals surface area contributed by atoms with Crippen molar-refractivity contribution in [2.75, 3.05) is 45.9 Å². The number of aliphatic hydroxyl groups excluding tert-OH is 1. The zero-order valence-electron chi connectivity index (χ0n) is 12.7. The summed E-state index contributed by atoms with van der Waals surface area (Å²) < 4.78 is 5.20. The number of H-pyrrole nitrogens is 1. The molecule has 1 aromatic heterocycles. The second-order valence-electron chi connectivity index (χ2n) is 5.34. The maximum absolute atomic E-state index is 12.2. The SMILES string of the molecule is CCOC[C@H](O)CN1CCN(C(=O)c2cc(C)[nH]n2)CC1. The maximum Gasteiger partial charge on any atom is 0.274 e. The number of hydrogen-bond acceptors (Lipinski definition) is 5. The molecule has 1 saturated heterocycles. The number of nitrogens with zero attached hydrogens (tertiary/aromatic N) is 3. The van der Waals surface area contributed by atoms with Gasteiger partial charge in [0.25, 0.3) is 5.91 Å². The van der Waals surface area contributed by atoms with Crippen molar-refractivity contribution in [2.45, 2.75) is 20.0 Å². The highest BCUT2D eigenvalue weighted by atomic mass is 16.5. The molecule has 1 aromatic rings. The molecule has 7 heteroatoms. The molecule has 0 aromatic carbocycles. The van der Waals surface area contributed by atoms with Crippen LogP contribution in [0.4, 0.5) is 0 Å². The molecule has 1 fully saturated rings. The van der Waals surface area contributed by atoms with Crippen molar-refractivity contribution in [3.05, 3.63) is 17.5 Å². The van der Waals surface area contributed by atoms with Gasteiger partial charge in [-0.3, -0.25) is 14.8 Å². The molecule has 0 saturated carbocycles. The summed E-state index contributed by atoms with van der Waals surface area (Å²) in [5, 5.41) is 16.6. The van der Waals surface area contributed by atoms with Crippen LogP contribution in [0.5, 0.6) is 0 Å². The number of aliphatic hydroxyl groups is 1. The highest BCUT2D eigenvalue weighted by Crippen LogP contribution is 2.08. The van der Waals surface area contributed by atoms with Crippen molar-refractivity contribution >= 4 is 5.91 Å². The van der Waals surface area contributed by atoms with Crippen molar-refractivity contribution in [3.63, 3.8) is 0 Å². The Labute approximate surface area is 124 Å². The smallest absolute Gasteiger partial charge is 0.274 e. The van der Waals surface area contributed by atoms with Gasteiger partial charge >= 0.3 is 0 Å². The molecule has 1 aliphatic rings. The van der Waals surface area contributed by atoms with E-state index in [1.54, 1.807) is 11.0 Å². The van der Waals surface area contributed by atoms with Gasteiger partial charge in [0.15, 0.2) is 0 Å². The molecule has 118 valence electrons. The first-order valence-electron chi connectivity index (χ1n) is 7.39. The van der Waals surface area contributed by atoms with Crippen LogP contribution in [0.2, 0.25) is 0 Å². The number of carbonyl (C=O) groups is 1. The Kier molecular flexibility index (Phi) is 5.72. The quantitative estimate of drug-likeness (QED) is 0.764. The van der Waals surface area contributed by atoms with E-state index in [-0.39, 0.29) is 5.91 Å². The molecule has 7 nitrogen and oxygen atoms in total. The molecular formula is C14H24N4O3. The minimum Gasteiger partial charge on any atom is -0.389 e. The standard InChI is InChI=1S/C14H24N4O3/c1-3-21-10-12(19)9-17-4-6-18(7-5-17)14(20)13-8-11(2)15-16-13/h8,12,19H,3-7,9-10H2,1-2H3,(H,15,16)/t12-/m1/s1. The lowest BCUT2D eigenvalue weighted by molar-refractivity contribution is 0.0110. The first-order chi connectivity index (χ1) is 10.1. The predicted molar refractivity (Wildman–Crippen MR) is 78.2 cm³/mol. The summed E-state index contributed by atoms with van der Waals surface area (Å²) >= 11 is 0. The fourth-order valence-electron chi connectivity index (χ4n) is 2.43. The van der Waals surface area contributed by atoms with Gasteiger partial charge in [0.1, 0.15) is 5.69 Å². The van der Waals surface area contributed by atoms with Gasteiger partial charge in [-0.25, -0.2) is 0 Å². The lowest BCUT2D eigenvalue weighted by Gasteiger charge is -2.35. The molecule has 1 amide bonds. The van der Waals surface area contributed by atoms with E-state index in [1.165, 1.54) is 0 Å². The average Bonchev–Trinajstić information content (AvgIpc) is 2.92. The van der Waals surface area contributed by atoms with Crippen molar-refractivity contribution < 1.29 is 14.6 Å². The maximum atomic E-state index is 12.2. The van der Waals surface area contributed by atoms with E-state index in [1.807, 2.05) is 13.8 Å². The zero-order valence-corrected chi connectivity index (χ0v) is 12.7. The van der Waals surface area contributed by atoms with Gasteiger partial charge in [0, 0.05) is 45.0 Å². The third-order valence-corrected chi connectivity index (χ3v) is 3.57. The second-order valence-corrected chi connectivity index (χ2v) is 5.34. The molecule has 2 N–H and O–H groups in total. The first kappa shape index (κ1) is 15.9. The van der Waals surface area contributed by atoms with E-state index >= 15 is 0 Å². The lowest BCUT2D eigenvalue weighted by Crippen LogP contribution is -2.50. The largest absolute Gasteiger partial charge is 0.389 e. The Balaban J connectivity index is 1.76. The molecule has 0 radical (unpaired) electrons. The fraction of sp³-hybridized carbons (Fsp3) is 0.714.